The van der Waals surface area contributed by atoms with Crippen molar-refractivity contribution in [3.05, 3.63) is 22.4 Å². The molecule has 6 heteroatoms. The van der Waals surface area contributed by atoms with Crippen LogP contribution in [-0.2, 0) is 4.79 Å². The first kappa shape index (κ1) is 14.8. The van der Waals surface area contributed by atoms with Gasteiger partial charge in [-0.2, -0.15) is 0 Å². The lowest BCUT2D eigenvalue weighted by Crippen LogP contribution is -2.35. The van der Waals surface area contributed by atoms with Gasteiger partial charge in [-0.1, -0.05) is 0 Å². The Morgan fingerprint density at radius 3 is 2.61 bits per heavy atom. The first-order valence-corrected chi connectivity index (χ1v) is 6.55. The first-order chi connectivity index (χ1) is 8.49. The number of hydrogen-bond donors (Lipinski definition) is 2. The molecule has 1 aromatic rings. The number of benzene rings is 1. The second-order valence-electron chi connectivity index (χ2n) is 3.77. The predicted molar refractivity (Wildman–Crippen MR) is 74.9 cm³/mol. The molecule has 0 spiro atoms. The highest BCUT2D eigenvalue weighted by atomic mass is 79.9. The second-order valence-corrected chi connectivity index (χ2v) is 4.63. The highest BCUT2D eigenvalue weighted by molar-refractivity contribution is 9.10. The summed E-state index contributed by atoms with van der Waals surface area (Å²) in [5.74, 6) is -0.437. The molecule has 0 bridgehead atoms. The lowest BCUT2D eigenvalue weighted by Gasteiger charge is -2.19. The molecule has 4 nitrogen and oxygen atoms in total. The van der Waals surface area contributed by atoms with Crippen molar-refractivity contribution in [2.45, 2.75) is 13.8 Å². The van der Waals surface area contributed by atoms with Gasteiger partial charge in [-0.25, -0.2) is 4.39 Å². The number of anilines is 2. The van der Waals surface area contributed by atoms with Crippen molar-refractivity contribution in [1.82, 2.24) is 4.90 Å². The zero-order valence-corrected chi connectivity index (χ0v) is 12.1. The number of rotatable bonds is 5. The van der Waals surface area contributed by atoms with Crippen LogP contribution < -0.4 is 11.1 Å². The Labute approximate surface area is 114 Å². The van der Waals surface area contributed by atoms with Gasteiger partial charge in [-0.15, -0.1) is 0 Å². The quantitative estimate of drug-likeness (QED) is 0.820. The Balaban J connectivity index is 2.69. The van der Waals surface area contributed by atoms with Gasteiger partial charge in [0.05, 0.1) is 22.4 Å². The van der Waals surface area contributed by atoms with E-state index < -0.39 is 5.82 Å². The number of nitrogens with two attached hydrogens (primary N) is 1. The van der Waals surface area contributed by atoms with Gasteiger partial charge in [0.2, 0.25) is 5.91 Å². The molecular formula is C12H17BrFN3O. The average molecular weight is 318 g/mol. The molecule has 0 unspecified atom stereocenters. The number of carbonyl (C=O) groups is 1. The Morgan fingerprint density at radius 1 is 1.44 bits per heavy atom. The first-order valence-electron chi connectivity index (χ1n) is 5.75. The number of halogens is 2. The normalized spacial score (nSPS) is 10.2. The number of hydrogen-bond acceptors (Lipinski definition) is 3. The fraction of sp³-hybridized carbons (Fsp3) is 0.417. The Kier molecular flexibility index (Phi) is 5.40. The minimum absolute atomic E-state index is 0.0140. The minimum Gasteiger partial charge on any atom is -0.397 e. The van der Waals surface area contributed by atoms with E-state index in [9.17, 15) is 9.18 Å². The van der Waals surface area contributed by atoms with E-state index in [1.54, 1.807) is 4.90 Å². The summed E-state index contributed by atoms with van der Waals surface area (Å²) in [5.41, 5.74) is 6.50. The van der Waals surface area contributed by atoms with Gasteiger partial charge in [0.15, 0.2) is 0 Å². The third-order valence-corrected chi connectivity index (χ3v) is 3.25. The van der Waals surface area contributed by atoms with Gasteiger partial charge < -0.3 is 16.0 Å². The standard InChI is InChI=1S/C12H17BrFN3O/c1-3-17(4-2)12(18)7-16-11-5-8(13)9(14)6-10(11)15/h5-6,16H,3-4,7,15H2,1-2H3. The molecule has 100 valence electrons. The molecule has 0 radical (unpaired) electrons. The van der Waals surface area contributed by atoms with Crippen molar-refractivity contribution in [2.75, 3.05) is 30.7 Å². The third kappa shape index (κ3) is 3.60. The summed E-state index contributed by atoms with van der Waals surface area (Å²) < 4.78 is 13.5. The van der Waals surface area contributed by atoms with E-state index >= 15 is 0 Å². The maximum atomic E-state index is 13.2. The van der Waals surface area contributed by atoms with Crippen LogP contribution in [0.15, 0.2) is 16.6 Å². The summed E-state index contributed by atoms with van der Waals surface area (Å²) in [5, 5.41) is 2.92. The van der Waals surface area contributed by atoms with Crippen molar-refractivity contribution in [2.24, 2.45) is 0 Å². The third-order valence-electron chi connectivity index (χ3n) is 2.64. The molecule has 18 heavy (non-hydrogen) atoms. The van der Waals surface area contributed by atoms with Crippen LogP contribution in [-0.4, -0.2) is 30.4 Å². The van der Waals surface area contributed by atoms with Gasteiger partial charge in [-0.3, -0.25) is 4.79 Å². The number of carbonyl (C=O) groups excluding carboxylic acids is 1. The van der Waals surface area contributed by atoms with Crippen molar-refractivity contribution >= 4 is 33.2 Å². The van der Waals surface area contributed by atoms with Gasteiger partial charge in [0.25, 0.3) is 0 Å². The molecule has 1 amide bonds. The van der Waals surface area contributed by atoms with Crippen LogP contribution in [0.25, 0.3) is 0 Å². The number of amides is 1. The highest BCUT2D eigenvalue weighted by Gasteiger charge is 2.11. The van der Waals surface area contributed by atoms with Crippen LogP contribution in [0.1, 0.15) is 13.8 Å². The zero-order valence-electron chi connectivity index (χ0n) is 10.5. The van der Waals surface area contributed by atoms with Crippen molar-refractivity contribution < 1.29 is 9.18 Å². The minimum atomic E-state index is -0.423. The van der Waals surface area contributed by atoms with E-state index in [-0.39, 0.29) is 18.1 Å². The summed E-state index contributed by atoms with van der Waals surface area (Å²) in [6.45, 7) is 5.32. The number of nitrogen functional groups attached to an aromatic ring is 1. The molecule has 1 aromatic carbocycles. The van der Waals surface area contributed by atoms with Crippen LogP contribution in [0.3, 0.4) is 0 Å². The van der Waals surface area contributed by atoms with Crippen LogP contribution in [0.4, 0.5) is 15.8 Å². The Hall–Kier alpha value is -1.30. The molecule has 0 heterocycles. The van der Waals surface area contributed by atoms with Crippen LogP contribution in [0.2, 0.25) is 0 Å². The molecule has 3 N–H and O–H groups in total. The average Bonchev–Trinajstić information content (AvgIpc) is 2.33. The molecule has 0 saturated heterocycles. The number of nitrogens with one attached hydrogen (secondary N) is 1. The SMILES string of the molecule is CCN(CC)C(=O)CNc1cc(Br)c(F)cc1N. The smallest absolute Gasteiger partial charge is 0.241 e. The van der Waals surface area contributed by atoms with E-state index in [1.807, 2.05) is 13.8 Å². The molecule has 0 atom stereocenters. The molecule has 0 saturated carbocycles. The largest absolute Gasteiger partial charge is 0.397 e. The molecule has 1 rings (SSSR count). The maximum absolute atomic E-state index is 13.2. The zero-order chi connectivity index (χ0) is 13.7. The van der Waals surface area contributed by atoms with E-state index in [1.165, 1.54) is 12.1 Å². The topological polar surface area (TPSA) is 58.4 Å². The van der Waals surface area contributed by atoms with Crippen LogP contribution in [0.5, 0.6) is 0 Å². The van der Waals surface area contributed by atoms with Crippen molar-refractivity contribution in [1.29, 1.82) is 0 Å². The maximum Gasteiger partial charge on any atom is 0.241 e. The number of nitrogens with zero attached hydrogens (tertiary/aromatic N) is 1. The summed E-state index contributed by atoms with van der Waals surface area (Å²) in [7, 11) is 0. The van der Waals surface area contributed by atoms with Gasteiger partial charge in [0, 0.05) is 19.2 Å². The number of likely N-dealkylation sites (N-methyl/N-ethyl adjacent to an activating group) is 1. The summed E-state index contributed by atoms with van der Waals surface area (Å²) in [4.78, 5) is 13.5. The summed E-state index contributed by atoms with van der Waals surface area (Å²) in [6.07, 6.45) is 0. The van der Waals surface area contributed by atoms with Gasteiger partial charge >= 0.3 is 0 Å². The molecular weight excluding hydrogens is 301 g/mol. The Morgan fingerprint density at radius 2 is 2.06 bits per heavy atom. The molecule has 0 aliphatic heterocycles. The van der Waals surface area contributed by atoms with Gasteiger partial charge in [0.1, 0.15) is 5.82 Å². The molecule has 0 fully saturated rings. The van der Waals surface area contributed by atoms with E-state index in [4.69, 9.17) is 5.73 Å². The lowest BCUT2D eigenvalue weighted by molar-refractivity contribution is -0.128. The van der Waals surface area contributed by atoms with Gasteiger partial charge in [-0.05, 0) is 35.8 Å². The summed E-state index contributed by atoms with van der Waals surface area (Å²) in [6, 6.07) is 2.74. The van der Waals surface area contributed by atoms with E-state index in [0.29, 0.717) is 23.2 Å². The molecule has 0 aliphatic rings. The molecule has 0 aromatic heterocycles. The molecule has 0 aliphatic carbocycles. The second kappa shape index (κ2) is 6.58. The summed E-state index contributed by atoms with van der Waals surface area (Å²) >= 11 is 3.08. The fourth-order valence-electron chi connectivity index (χ4n) is 1.57. The Bertz CT molecular complexity index is 436. The van der Waals surface area contributed by atoms with Crippen molar-refractivity contribution in [3.8, 4) is 0 Å². The van der Waals surface area contributed by atoms with E-state index in [0.717, 1.165) is 0 Å². The fourth-order valence-corrected chi connectivity index (χ4v) is 1.92. The van der Waals surface area contributed by atoms with E-state index in [2.05, 4.69) is 21.2 Å². The van der Waals surface area contributed by atoms with Crippen LogP contribution >= 0.6 is 15.9 Å². The van der Waals surface area contributed by atoms with Crippen LogP contribution in [0, 0.1) is 5.82 Å². The van der Waals surface area contributed by atoms with Crippen molar-refractivity contribution in [3.63, 3.8) is 0 Å². The monoisotopic (exact) mass is 317 g/mol. The predicted octanol–water partition coefficient (Wildman–Crippen LogP) is 2.45. The lowest BCUT2D eigenvalue weighted by atomic mass is 10.2. The highest BCUT2D eigenvalue weighted by Crippen LogP contribution is 2.26.